The first kappa shape index (κ1) is 9.64. The van der Waals surface area contributed by atoms with E-state index in [1.54, 1.807) is 18.2 Å². The topological polar surface area (TPSA) is 64.7 Å². The largest absolute Gasteiger partial charge is 0.475 e. The third-order valence-electron chi connectivity index (χ3n) is 2.13. The van der Waals surface area contributed by atoms with Gasteiger partial charge < -0.3 is 4.74 Å². The molecule has 78 valence electrons. The monoisotopic (exact) mass is 206 g/mol. The minimum absolute atomic E-state index is 0.0327. The fourth-order valence-corrected chi connectivity index (χ4v) is 1.44. The van der Waals surface area contributed by atoms with Gasteiger partial charge in [-0.3, -0.25) is 10.1 Å². The van der Waals surface area contributed by atoms with Gasteiger partial charge in [-0.25, -0.2) is 4.99 Å². The van der Waals surface area contributed by atoms with Gasteiger partial charge in [-0.1, -0.05) is 12.1 Å². The van der Waals surface area contributed by atoms with E-state index in [2.05, 4.69) is 4.99 Å². The number of hydrogen-bond donors (Lipinski definition) is 0. The number of ether oxygens (including phenoxy) is 1. The third kappa shape index (κ3) is 1.81. The maximum atomic E-state index is 10.8. The first-order valence-electron chi connectivity index (χ1n) is 4.63. The standard InChI is InChI=1S/C10H10N2O3/c1-7-6-15-10(11-7)8-4-2-3-5-9(8)12(13)14/h2-5,7H,6H2,1H3. The Morgan fingerprint density at radius 2 is 2.27 bits per heavy atom. The van der Waals surface area contributed by atoms with Gasteiger partial charge >= 0.3 is 0 Å². The summed E-state index contributed by atoms with van der Waals surface area (Å²) in [5.74, 6) is 0.370. The highest BCUT2D eigenvalue weighted by atomic mass is 16.6. The van der Waals surface area contributed by atoms with Crippen molar-refractivity contribution in [3.05, 3.63) is 39.9 Å². The summed E-state index contributed by atoms with van der Waals surface area (Å²) in [6.07, 6.45) is 0. The molecule has 0 saturated carbocycles. The van der Waals surface area contributed by atoms with Crippen molar-refractivity contribution in [3.8, 4) is 0 Å². The number of benzene rings is 1. The zero-order chi connectivity index (χ0) is 10.8. The molecule has 0 spiro atoms. The van der Waals surface area contributed by atoms with Crippen molar-refractivity contribution < 1.29 is 9.66 Å². The molecule has 0 bridgehead atoms. The van der Waals surface area contributed by atoms with Gasteiger partial charge in [0.15, 0.2) is 0 Å². The van der Waals surface area contributed by atoms with E-state index in [1.165, 1.54) is 6.07 Å². The van der Waals surface area contributed by atoms with Gasteiger partial charge in [0.1, 0.15) is 12.2 Å². The number of nitrogens with zero attached hydrogens (tertiary/aromatic N) is 2. The molecular formula is C10H10N2O3. The van der Waals surface area contributed by atoms with Crippen LogP contribution in [0.2, 0.25) is 0 Å². The van der Waals surface area contributed by atoms with Crippen LogP contribution < -0.4 is 0 Å². The molecule has 1 heterocycles. The predicted octanol–water partition coefficient (Wildman–Crippen LogP) is 1.76. The third-order valence-corrected chi connectivity index (χ3v) is 2.13. The quantitative estimate of drug-likeness (QED) is 0.547. The molecule has 1 aliphatic rings. The molecule has 1 aromatic carbocycles. The average Bonchev–Trinajstić information content (AvgIpc) is 2.65. The van der Waals surface area contributed by atoms with Crippen molar-refractivity contribution in [2.75, 3.05) is 6.61 Å². The van der Waals surface area contributed by atoms with Crippen LogP contribution >= 0.6 is 0 Å². The van der Waals surface area contributed by atoms with Crippen molar-refractivity contribution in [2.24, 2.45) is 4.99 Å². The highest BCUT2D eigenvalue weighted by Gasteiger charge is 2.23. The Morgan fingerprint density at radius 3 is 2.87 bits per heavy atom. The average molecular weight is 206 g/mol. The maximum absolute atomic E-state index is 10.8. The van der Waals surface area contributed by atoms with Crippen molar-refractivity contribution in [3.63, 3.8) is 0 Å². The number of aliphatic imine (C=N–C) groups is 1. The van der Waals surface area contributed by atoms with Crippen LogP contribution in [0.4, 0.5) is 5.69 Å². The lowest BCUT2D eigenvalue weighted by Gasteiger charge is -2.01. The minimum atomic E-state index is -0.426. The van der Waals surface area contributed by atoms with Crippen molar-refractivity contribution in [2.45, 2.75) is 13.0 Å². The van der Waals surface area contributed by atoms with Gasteiger partial charge in [-0.05, 0) is 13.0 Å². The first-order valence-corrected chi connectivity index (χ1v) is 4.63. The molecule has 5 heteroatoms. The second-order valence-corrected chi connectivity index (χ2v) is 3.37. The Bertz CT molecular complexity index is 428. The van der Waals surface area contributed by atoms with Crippen LogP contribution in [0, 0.1) is 10.1 Å². The summed E-state index contributed by atoms with van der Waals surface area (Å²) >= 11 is 0. The Labute approximate surface area is 86.5 Å². The van der Waals surface area contributed by atoms with Crippen LogP contribution in [0.15, 0.2) is 29.3 Å². The molecule has 1 aromatic rings. The molecule has 0 radical (unpaired) electrons. The number of nitro groups is 1. The van der Waals surface area contributed by atoms with E-state index < -0.39 is 4.92 Å². The van der Waals surface area contributed by atoms with E-state index in [0.29, 0.717) is 18.1 Å². The highest BCUT2D eigenvalue weighted by Crippen LogP contribution is 2.21. The number of rotatable bonds is 2. The van der Waals surface area contributed by atoms with Gasteiger partial charge in [0.2, 0.25) is 5.90 Å². The predicted molar refractivity (Wildman–Crippen MR) is 55.0 cm³/mol. The summed E-state index contributed by atoms with van der Waals surface area (Å²) in [5, 5.41) is 10.8. The Kier molecular flexibility index (Phi) is 2.37. The zero-order valence-corrected chi connectivity index (χ0v) is 8.21. The molecule has 0 aliphatic carbocycles. The van der Waals surface area contributed by atoms with E-state index in [1.807, 2.05) is 6.92 Å². The summed E-state index contributed by atoms with van der Waals surface area (Å²) in [4.78, 5) is 14.5. The Morgan fingerprint density at radius 1 is 1.53 bits per heavy atom. The molecule has 1 aliphatic heterocycles. The van der Waals surface area contributed by atoms with Crippen LogP contribution in [0.3, 0.4) is 0 Å². The lowest BCUT2D eigenvalue weighted by Crippen LogP contribution is -2.05. The molecule has 0 aromatic heterocycles. The summed E-state index contributed by atoms with van der Waals surface area (Å²) in [6, 6.07) is 6.52. The molecule has 0 saturated heterocycles. The molecule has 1 unspecified atom stereocenters. The second kappa shape index (κ2) is 3.68. The van der Waals surface area contributed by atoms with Gasteiger partial charge in [-0.2, -0.15) is 0 Å². The molecule has 1 atom stereocenters. The van der Waals surface area contributed by atoms with E-state index >= 15 is 0 Å². The van der Waals surface area contributed by atoms with E-state index in [4.69, 9.17) is 4.74 Å². The fraction of sp³-hybridized carbons (Fsp3) is 0.300. The molecule has 2 rings (SSSR count). The number of para-hydroxylation sites is 1. The Balaban J connectivity index is 2.44. The maximum Gasteiger partial charge on any atom is 0.282 e. The van der Waals surface area contributed by atoms with Gasteiger partial charge in [-0.15, -0.1) is 0 Å². The van der Waals surface area contributed by atoms with Crippen LogP contribution in [0.1, 0.15) is 12.5 Å². The molecular weight excluding hydrogens is 196 g/mol. The number of nitro benzene ring substituents is 1. The van der Waals surface area contributed by atoms with Crippen molar-refractivity contribution in [1.29, 1.82) is 0 Å². The second-order valence-electron chi connectivity index (χ2n) is 3.37. The van der Waals surface area contributed by atoms with Crippen LogP contribution in [0.25, 0.3) is 0 Å². The molecule has 0 amide bonds. The van der Waals surface area contributed by atoms with E-state index in [9.17, 15) is 10.1 Å². The van der Waals surface area contributed by atoms with E-state index in [0.717, 1.165) is 0 Å². The van der Waals surface area contributed by atoms with Gasteiger partial charge in [0.25, 0.3) is 5.69 Å². The van der Waals surface area contributed by atoms with Gasteiger partial charge in [0.05, 0.1) is 11.0 Å². The lowest BCUT2D eigenvalue weighted by molar-refractivity contribution is -0.385. The highest BCUT2D eigenvalue weighted by molar-refractivity contribution is 5.98. The summed E-state index contributed by atoms with van der Waals surface area (Å²) in [5.41, 5.74) is 0.484. The summed E-state index contributed by atoms with van der Waals surface area (Å²) in [7, 11) is 0. The summed E-state index contributed by atoms with van der Waals surface area (Å²) < 4.78 is 5.29. The normalized spacial score (nSPS) is 19.5. The van der Waals surface area contributed by atoms with E-state index in [-0.39, 0.29) is 11.7 Å². The summed E-state index contributed by atoms with van der Waals surface area (Å²) in [6.45, 7) is 2.39. The SMILES string of the molecule is CC1COC(c2ccccc2[N+](=O)[O-])=N1. The molecule has 0 N–H and O–H groups in total. The smallest absolute Gasteiger partial charge is 0.282 e. The number of hydrogen-bond acceptors (Lipinski definition) is 4. The van der Waals surface area contributed by atoms with Crippen molar-refractivity contribution >= 4 is 11.6 Å². The molecule has 0 fully saturated rings. The van der Waals surface area contributed by atoms with Gasteiger partial charge in [0, 0.05) is 6.07 Å². The fourth-order valence-electron chi connectivity index (χ4n) is 1.44. The zero-order valence-electron chi connectivity index (χ0n) is 8.21. The molecule has 5 nitrogen and oxygen atoms in total. The lowest BCUT2D eigenvalue weighted by atomic mass is 10.2. The van der Waals surface area contributed by atoms with Crippen LogP contribution in [-0.2, 0) is 4.74 Å². The Hall–Kier alpha value is -1.91. The van der Waals surface area contributed by atoms with Crippen LogP contribution in [0.5, 0.6) is 0 Å². The first-order chi connectivity index (χ1) is 7.18. The molecule has 15 heavy (non-hydrogen) atoms. The minimum Gasteiger partial charge on any atom is -0.475 e. The van der Waals surface area contributed by atoms with Crippen molar-refractivity contribution in [1.82, 2.24) is 0 Å². The van der Waals surface area contributed by atoms with Crippen LogP contribution in [-0.4, -0.2) is 23.5 Å².